The molecule has 0 amide bonds. The van der Waals surface area contributed by atoms with Gasteiger partial charge in [0.15, 0.2) is 0 Å². The molecule has 0 spiro atoms. The zero-order chi connectivity index (χ0) is 12.8. The van der Waals surface area contributed by atoms with E-state index in [-0.39, 0.29) is 6.04 Å². The van der Waals surface area contributed by atoms with Crippen LogP contribution in [0.4, 0.5) is 0 Å². The van der Waals surface area contributed by atoms with Crippen molar-refractivity contribution < 1.29 is 4.74 Å². The summed E-state index contributed by atoms with van der Waals surface area (Å²) in [4.78, 5) is 0. The van der Waals surface area contributed by atoms with Crippen molar-refractivity contribution in [2.45, 2.75) is 43.4 Å². The van der Waals surface area contributed by atoms with Crippen molar-refractivity contribution in [3.05, 3.63) is 29.8 Å². The Hall–Kier alpha value is -0.670. The van der Waals surface area contributed by atoms with Gasteiger partial charge in [0.25, 0.3) is 0 Å². The highest BCUT2D eigenvalue weighted by Crippen LogP contribution is 2.32. The summed E-state index contributed by atoms with van der Waals surface area (Å²) in [5.41, 5.74) is 7.42. The normalized spacial score (nSPS) is 18.6. The Morgan fingerprint density at radius 2 is 2.00 bits per heavy atom. The van der Waals surface area contributed by atoms with Crippen LogP contribution in [0.5, 0.6) is 5.75 Å². The van der Waals surface area contributed by atoms with Crippen LogP contribution >= 0.6 is 11.8 Å². The van der Waals surface area contributed by atoms with Crippen LogP contribution in [0.25, 0.3) is 0 Å². The quantitative estimate of drug-likeness (QED) is 0.880. The van der Waals surface area contributed by atoms with E-state index in [4.69, 9.17) is 10.5 Å². The fourth-order valence-electron chi connectivity index (χ4n) is 2.53. The molecule has 2 nitrogen and oxygen atoms in total. The maximum absolute atomic E-state index is 6.29. The molecular weight excluding hydrogens is 242 g/mol. The van der Waals surface area contributed by atoms with Gasteiger partial charge in [-0.15, -0.1) is 0 Å². The van der Waals surface area contributed by atoms with Crippen molar-refractivity contribution in [3.63, 3.8) is 0 Å². The van der Waals surface area contributed by atoms with Gasteiger partial charge in [-0.3, -0.25) is 0 Å². The van der Waals surface area contributed by atoms with Gasteiger partial charge in [0.05, 0.1) is 7.11 Å². The fraction of sp³-hybridized carbons (Fsp3) is 0.600. The first-order valence-electron chi connectivity index (χ1n) is 6.81. The molecule has 0 heterocycles. The molecule has 1 fully saturated rings. The molecule has 100 valence electrons. The van der Waals surface area contributed by atoms with Crippen LogP contribution in [0, 0.1) is 0 Å². The predicted octanol–water partition coefficient (Wildman–Crippen LogP) is 3.76. The number of hydrogen-bond acceptors (Lipinski definition) is 3. The average molecular weight is 265 g/mol. The number of methoxy groups -OCH3 is 1. The highest BCUT2D eigenvalue weighted by Gasteiger charge is 2.17. The highest BCUT2D eigenvalue weighted by molar-refractivity contribution is 7.99. The minimum atomic E-state index is 0.0769. The van der Waals surface area contributed by atoms with Crippen molar-refractivity contribution in [3.8, 4) is 5.75 Å². The Labute approximate surface area is 114 Å². The number of thioether (sulfide) groups is 1. The summed E-state index contributed by atoms with van der Waals surface area (Å²) in [6.07, 6.45) is 6.92. The smallest absolute Gasteiger partial charge is 0.123 e. The zero-order valence-electron chi connectivity index (χ0n) is 11.1. The lowest BCUT2D eigenvalue weighted by Crippen LogP contribution is -2.17. The van der Waals surface area contributed by atoms with Gasteiger partial charge in [0.1, 0.15) is 5.75 Å². The molecule has 3 heteroatoms. The predicted molar refractivity (Wildman–Crippen MR) is 79.3 cm³/mol. The molecule has 18 heavy (non-hydrogen) atoms. The summed E-state index contributed by atoms with van der Waals surface area (Å²) >= 11 is 2.04. The molecule has 1 saturated carbocycles. The second kappa shape index (κ2) is 7.05. The first-order chi connectivity index (χ1) is 8.81. The van der Waals surface area contributed by atoms with E-state index in [9.17, 15) is 0 Å². The van der Waals surface area contributed by atoms with E-state index in [1.165, 1.54) is 32.1 Å². The number of benzene rings is 1. The monoisotopic (exact) mass is 265 g/mol. The Morgan fingerprint density at radius 3 is 2.72 bits per heavy atom. The maximum Gasteiger partial charge on any atom is 0.123 e. The molecule has 1 unspecified atom stereocenters. The van der Waals surface area contributed by atoms with Crippen LogP contribution in [0.3, 0.4) is 0 Å². The molecule has 0 radical (unpaired) electrons. The van der Waals surface area contributed by atoms with Crippen LogP contribution in [-0.4, -0.2) is 18.1 Å². The minimum absolute atomic E-state index is 0.0769. The summed E-state index contributed by atoms with van der Waals surface area (Å²) in [5.74, 6) is 1.90. The van der Waals surface area contributed by atoms with Crippen molar-refractivity contribution in [2.24, 2.45) is 5.73 Å². The van der Waals surface area contributed by atoms with Crippen molar-refractivity contribution in [1.29, 1.82) is 0 Å². The van der Waals surface area contributed by atoms with Crippen LogP contribution in [-0.2, 0) is 0 Å². The number of ether oxygens (including phenoxy) is 1. The number of rotatable bonds is 5. The molecule has 2 N–H and O–H groups in total. The molecule has 1 aliphatic rings. The highest BCUT2D eigenvalue weighted by atomic mass is 32.2. The second-order valence-corrected chi connectivity index (χ2v) is 6.28. The van der Waals surface area contributed by atoms with E-state index in [1.54, 1.807) is 7.11 Å². The van der Waals surface area contributed by atoms with Gasteiger partial charge in [-0.1, -0.05) is 37.5 Å². The van der Waals surface area contributed by atoms with Crippen molar-refractivity contribution in [1.82, 2.24) is 0 Å². The summed E-state index contributed by atoms with van der Waals surface area (Å²) in [7, 11) is 1.71. The standard InChI is InChI=1S/C15H23NOS/c1-17-15-10-6-5-9-13(15)14(16)11-18-12-7-3-2-4-8-12/h5-6,9-10,12,14H,2-4,7-8,11,16H2,1H3. The third-order valence-corrected chi connectivity index (χ3v) is 5.10. The van der Waals surface area contributed by atoms with Gasteiger partial charge < -0.3 is 10.5 Å². The van der Waals surface area contributed by atoms with Crippen LogP contribution in [0.1, 0.15) is 43.7 Å². The lowest BCUT2D eigenvalue weighted by Gasteiger charge is -2.23. The lowest BCUT2D eigenvalue weighted by atomic mass is 10.0. The summed E-state index contributed by atoms with van der Waals surface area (Å²) in [5, 5.41) is 0.819. The molecule has 0 bridgehead atoms. The summed E-state index contributed by atoms with van der Waals surface area (Å²) in [6.45, 7) is 0. The average Bonchev–Trinajstić information content (AvgIpc) is 2.45. The largest absolute Gasteiger partial charge is 0.496 e. The van der Waals surface area contributed by atoms with Gasteiger partial charge in [0, 0.05) is 22.6 Å². The SMILES string of the molecule is COc1ccccc1C(N)CSC1CCCCC1. The van der Waals surface area contributed by atoms with Crippen molar-refractivity contribution in [2.75, 3.05) is 12.9 Å². The zero-order valence-corrected chi connectivity index (χ0v) is 11.9. The summed E-state index contributed by atoms with van der Waals surface area (Å²) < 4.78 is 5.37. The Kier molecular flexibility index (Phi) is 5.39. The van der Waals surface area contributed by atoms with Crippen LogP contribution < -0.4 is 10.5 Å². The molecule has 1 atom stereocenters. The lowest BCUT2D eigenvalue weighted by molar-refractivity contribution is 0.407. The van der Waals surface area contributed by atoms with E-state index in [1.807, 2.05) is 30.0 Å². The third kappa shape index (κ3) is 3.66. The molecule has 1 aromatic carbocycles. The Morgan fingerprint density at radius 1 is 1.28 bits per heavy atom. The van der Waals surface area contributed by atoms with Crippen molar-refractivity contribution >= 4 is 11.8 Å². The van der Waals surface area contributed by atoms with Gasteiger partial charge in [-0.25, -0.2) is 0 Å². The second-order valence-electron chi connectivity index (χ2n) is 4.94. The topological polar surface area (TPSA) is 35.2 Å². The van der Waals surface area contributed by atoms with E-state index in [0.717, 1.165) is 22.3 Å². The Bertz CT molecular complexity index is 363. The molecule has 2 rings (SSSR count). The van der Waals surface area contributed by atoms with Gasteiger partial charge >= 0.3 is 0 Å². The molecule has 0 aromatic heterocycles. The van der Waals surface area contributed by atoms with E-state index in [0.29, 0.717) is 0 Å². The van der Waals surface area contributed by atoms with E-state index < -0.39 is 0 Å². The number of hydrogen-bond donors (Lipinski definition) is 1. The van der Waals surface area contributed by atoms with E-state index in [2.05, 4.69) is 6.07 Å². The van der Waals surface area contributed by atoms with Gasteiger partial charge in [-0.05, 0) is 18.9 Å². The minimum Gasteiger partial charge on any atom is -0.496 e. The molecule has 0 saturated heterocycles. The molecule has 0 aliphatic heterocycles. The number of para-hydroxylation sites is 1. The van der Waals surface area contributed by atoms with E-state index >= 15 is 0 Å². The Balaban J connectivity index is 1.88. The number of nitrogens with two attached hydrogens (primary N) is 1. The third-order valence-electron chi connectivity index (χ3n) is 3.60. The molecule has 1 aromatic rings. The first-order valence-corrected chi connectivity index (χ1v) is 7.86. The van der Waals surface area contributed by atoms with Crippen LogP contribution in [0.2, 0.25) is 0 Å². The van der Waals surface area contributed by atoms with Crippen LogP contribution in [0.15, 0.2) is 24.3 Å². The molecule has 1 aliphatic carbocycles. The first kappa shape index (κ1) is 13.8. The van der Waals surface area contributed by atoms with Gasteiger partial charge in [-0.2, -0.15) is 11.8 Å². The van der Waals surface area contributed by atoms with Gasteiger partial charge in [0.2, 0.25) is 0 Å². The maximum atomic E-state index is 6.29. The summed E-state index contributed by atoms with van der Waals surface area (Å²) in [6, 6.07) is 8.16. The fourth-order valence-corrected chi connectivity index (χ4v) is 3.86. The molecular formula is C15H23NOS.